The SMILES string of the molecule is N#CCOc1cccc(CNc2ccc(Cl)cc2Br)c1. The molecule has 0 amide bonds. The fourth-order valence-electron chi connectivity index (χ4n) is 1.69. The van der Waals surface area contributed by atoms with Crippen LogP contribution in [0.3, 0.4) is 0 Å². The Morgan fingerprint density at radius 3 is 2.85 bits per heavy atom. The van der Waals surface area contributed by atoms with Crippen LogP contribution in [0.1, 0.15) is 5.56 Å². The normalized spacial score (nSPS) is 9.85. The predicted octanol–water partition coefficient (Wildman–Crippen LogP) is 4.62. The predicted molar refractivity (Wildman–Crippen MR) is 84.0 cm³/mol. The van der Waals surface area contributed by atoms with E-state index in [9.17, 15) is 0 Å². The third-order valence-electron chi connectivity index (χ3n) is 2.62. The van der Waals surface area contributed by atoms with Crippen molar-refractivity contribution in [2.24, 2.45) is 0 Å². The lowest BCUT2D eigenvalue weighted by Crippen LogP contribution is -2.01. The number of nitrogens with zero attached hydrogens (tertiary/aromatic N) is 1. The van der Waals surface area contributed by atoms with E-state index in [0.29, 0.717) is 17.3 Å². The van der Waals surface area contributed by atoms with Crippen LogP contribution in [0.4, 0.5) is 5.69 Å². The summed E-state index contributed by atoms with van der Waals surface area (Å²) in [5.41, 5.74) is 2.04. The summed E-state index contributed by atoms with van der Waals surface area (Å²) in [6.07, 6.45) is 0. The number of hydrogen-bond donors (Lipinski definition) is 1. The van der Waals surface area contributed by atoms with Crippen molar-refractivity contribution in [3.05, 3.63) is 57.5 Å². The zero-order valence-electron chi connectivity index (χ0n) is 10.6. The molecule has 20 heavy (non-hydrogen) atoms. The monoisotopic (exact) mass is 350 g/mol. The van der Waals surface area contributed by atoms with Crippen molar-refractivity contribution in [1.82, 2.24) is 0 Å². The van der Waals surface area contributed by atoms with E-state index in [4.69, 9.17) is 21.6 Å². The summed E-state index contributed by atoms with van der Waals surface area (Å²) < 4.78 is 6.19. The van der Waals surface area contributed by atoms with Gasteiger partial charge in [-0.25, -0.2) is 0 Å². The summed E-state index contributed by atoms with van der Waals surface area (Å²) in [5.74, 6) is 0.695. The topological polar surface area (TPSA) is 45.0 Å². The van der Waals surface area contributed by atoms with Crippen molar-refractivity contribution in [2.45, 2.75) is 6.54 Å². The second-order valence-electron chi connectivity index (χ2n) is 4.07. The van der Waals surface area contributed by atoms with Gasteiger partial charge in [-0.05, 0) is 51.8 Å². The molecule has 0 fully saturated rings. The van der Waals surface area contributed by atoms with Crippen molar-refractivity contribution < 1.29 is 4.74 Å². The molecule has 2 aromatic carbocycles. The van der Waals surface area contributed by atoms with E-state index in [2.05, 4.69) is 21.2 Å². The van der Waals surface area contributed by atoms with Crippen LogP contribution in [0.15, 0.2) is 46.9 Å². The highest BCUT2D eigenvalue weighted by Gasteiger charge is 2.01. The molecule has 0 aromatic heterocycles. The smallest absolute Gasteiger partial charge is 0.174 e. The van der Waals surface area contributed by atoms with Gasteiger partial charge in [0.15, 0.2) is 6.61 Å². The van der Waals surface area contributed by atoms with Crippen molar-refractivity contribution in [1.29, 1.82) is 5.26 Å². The van der Waals surface area contributed by atoms with Crippen LogP contribution >= 0.6 is 27.5 Å². The van der Waals surface area contributed by atoms with E-state index in [0.717, 1.165) is 15.7 Å². The van der Waals surface area contributed by atoms with Crippen LogP contribution in [-0.2, 0) is 6.54 Å². The van der Waals surface area contributed by atoms with Gasteiger partial charge in [-0.1, -0.05) is 23.7 Å². The lowest BCUT2D eigenvalue weighted by atomic mass is 10.2. The van der Waals surface area contributed by atoms with Gasteiger partial charge < -0.3 is 10.1 Å². The van der Waals surface area contributed by atoms with Gasteiger partial charge in [-0.3, -0.25) is 0 Å². The number of halogens is 2. The van der Waals surface area contributed by atoms with Crippen LogP contribution in [-0.4, -0.2) is 6.61 Å². The van der Waals surface area contributed by atoms with Crippen LogP contribution < -0.4 is 10.1 Å². The first kappa shape index (κ1) is 14.7. The van der Waals surface area contributed by atoms with Crippen molar-refractivity contribution in [3.8, 4) is 11.8 Å². The van der Waals surface area contributed by atoms with E-state index in [1.165, 1.54) is 0 Å². The highest BCUT2D eigenvalue weighted by atomic mass is 79.9. The fourth-order valence-corrected chi connectivity index (χ4v) is 2.51. The largest absolute Gasteiger partial charge is 0.479 e. The molecule has 2 rings (SSSR count). The van der Waals surface area contributed by atoms with Gasteiger partial charge in [-0.15, -0.1) is 0 Å². The van der Waals surface area contributed by atoms with E-state index in [1.807, 2.05) is 48.5 Å². The number of nitriles is 1. The molecule has 0 saturated heterocycles. The summed E-state index contributed by atoms with van der Waals surface area (Å²) in [7, 11) is 0. The van der Waals surface area contributed by atoms with Crippen LogP contribution in [0, 0.1) is 11.3 Å². The van der Waals surface area contributed by atoms with Crippen molar-refractivity contribution in [3.63, 3.8) is 0 Å². The molecule has 0 aliphatic carbocycles. The molecule has 0 radical (unpaired) electrons. The third kappa shape index (κ3) is 4.16. The summed E-state index contributed by atoms with van der Waals surface area (Å²) in [6, 6.07) is 15.2. The molecule has 3 nitrogen and oxygen atoms in total. The lowest BCUT2D eigenvalue weighted by Gasteiger charge is -2.10. The molecule has 0 spiro atoms. The van der Waals surface area contributed by atoms with E-state index < -0.39 is 0 Å². The van der Waals surface area contributed by atoms with Crippen LogP contribution in [0.5, 0.6) is 5.75 Å². The minimum absolute atomic E-state index is 0.0552. The standard InChI is InChI=1S/C15H12BrClN2O/c16-14-9-12(17)4-5-15(14)19-10-11-2-1-3-13(8-11)20-7-6-18/h1-5,8-9,19H,7,10H2. The fraction of sp³-hybridized carbons (Fsp3) is 0.133. The molecule has 0 atom stereocenters. The Bertz CT molecular complexity index is 640. The molecule has 1 N–H and O–H groups in total. The molecule has 102 valence electrons. The minimum atomic E-state index is 0.0552. The highest BCUT2D eigenvalue weighted by molar-refractivity contribution is 9.10. The third-order valence-corrected chi connectivity index (χ3v) is 3.51. The van der Waals surface area contributed by atoms with Crippen LogP contribution in [0.2, 0.25) is 5.02 Å². The number of anilines is 1. The first-order valence-corrected chi connectivity index (χ1v) is 7.14. The molecule has 0 heterocycles. The first-order chi connectivity index (χ1) is 9.69. The average molecular weight is 352 g/mol. The van der Waals surface area contributed by atoms with Gasteiger partial charge >= 0.3 is 0 Å². The van der Waals surface area contributed by atoms with E-state index in [-0.39, 0.29) is 6.61 Å². The molecule has 0 bridgehead atoms. The zero-order chi connectivity index (χ0) is 14.4. The zero-order valence-corrected chi connectivity index (χ0v) is 12.9. The van der Waals surface area contributed by atoms with Crippen molar-refractivity contribution >= 4 is 33.2 Å². The summed E-state index contributed by atoms with van der Waals surface area (Å²) in [4.78, 5) is 0. The molecular formula is C15H12BrClN2O. The number of ether oxygens (including phenoxy) is 1. The number of benzene rings is 2. The maximum Gasteiger partial charge on any atom is 0.174 e. The maximum atomic E-state index is 8.50. The average Bonchev–Trinajstić information content (AvgIpc) is 2.45. The van der Waals surface area contributed by atoms with Gasteiger partial charge in [0.25, 0.3) is 0 Å². The van der Waals surface area contributed by atoms with Crippen molar-refractivity contribution in [2.75, 3.05) is 11.9 Å². The molecule has 0 unspecified atom stereocenters. The Balaban J connectivity index is 2.01. The Morgan fingerprint density at radius 2 is 2.10 bits per heavy atom. The molecule has 2 aromatic rings. The van der Waals surface area contributed by atoms with Gasteiger partial charge in [0.05, 0.1) is 0 Å². The van der Waals surface area contributed by atoms with E-state index in [1.54, 1.807) is 0 Å². The highest BCUT2D eigenvalue weighted by Crippen LogP contribution is 2.26. The second kappa shape index (κ2) is 7.18. The number of rotatable bonds is 5. The first-order valence-electron chi connectivity index (χ1n) is 5.96. The lowest BCUT2D eigenvalue weighted by molar-refractivity contribution is 0.368. The Kier molecular flexibility index (Phi) is 5.28. The van der Waals surface area contributed by atoms with Crippen LogP contribution in [0.25, 0.3) is 0 Å². The molecule has 5 heteroatoms. The Hall–Kier alpha value is -1.70. The minimum Gasteiger partial charge on any atom is -0.479 e. The summed E-state index contributed by atoms with van der Waals surface area (Å²) in [6.45, 7) is 0.712. The van der Waals surface area contributed by atoms with Gasteiger partial charge in [-0.2, -0.15) is 5.26 Å². The molecule has 0 aliphatic rings. The second-order valence-corrected chi connectivity index (χ2v) is 5.36. The van der Waals surface area contributed by atoms with Gasteiger partial charge in [0.1, 0.15) is 11.8 Å². The molecular weight excluding hydrogens is 340 g/mol. The summed E-state index contributed by atoms with van der Waals surface area (Å²) >= 11 is 9.36. The summed E-state index contributed by atoms with van der Waals surface area (Å²) in [5, 5.41) is 12.5. The number of nitrogens with one attached hydrogen (secondary N) is 1. The van der Waals surface area contributed by atoms with E-state index >= 15 is 0 Å². The number of hydrogen-bond acceptors (Lipinski definition) is 3. The maximum absolute atomic E-state index is 8.50. The van der Waals surface area contributed by atoms with Gasteiger partial charge in [0.2, 0.25) is 0 Å². The Morgan fingerprint density at radius 1 is 1.25 bits per heavy atom. The quantitative estimate of drug-likeness (QED) is 0.855. The van der Waals surface area contributed by atoms with Gasteiger partial charge in [0, 0.05) is 21.7 Å². The Labute approximate surface area is 131 Å². The molecule has 0 aliphatic heterocycles. The molecule has 0 saturated carbocycles.